The van der Waals surface area contributed by atoms with Crippen LogP contribution >= 0.6 is 23.8 Å². The van der Waals surface area contributed by atoms with Crippen molar-refractivity contribution in [3.8, 4) is 5.69 Å². The van der Waals surface area contributed by atoms with Gasteiger partial charge in [-0.25, -0.2) is 4.68 Å². The van der Waals surface area contributed by atoms with Crippen LogP contribution in [0.2, 0.25) is 5.02 Å². The lowest BCUT2D eigenvalue weighted by molar-refractivity contribution is -0.116. The summed E-state index contributed by atoms with van der Waals surface area (Å²) in [7, 11) is 0. The Balaban J connectivity index is 1.64. The number of nitrogens with one attached hydrogen (secondary N) is 1. The third-order valence-corrected chi connectivity index (χ3v) is 5.19. The normalized spacial score (nSPS) is 10.7. The number of rotatable bonds is 6. The Morgan fingerprint density at radius 1 is 0.933 bits per heavy atom. The first-order chi connectivity index (χ1) is 14.6. The maximum atomic E-state index is 12.6. The number of halogens is 1. The van der Waals surface area contributed by atoms with E-state index in [0.717, 1.165) is 17.1 Å². The number of para-hydroxylation sites is 1. The van der Waals surface area contributed by atoms with Crippen LogP contribution in [0.5, 0.6) is 0 Å². The predicted molar refractivity (Wildman–Crippen MR) is 122 cm³/mol. The highest BCUT2D eigenvalue weighted by Crippen LogP contribution is 2.17. The highest BCUT2D eigenvalue weighted by atomic mass is 35.5. The molecule has 4 rings (SSSR count). The smallest absolute Gasteiger partial charge is 0.246 e. The summed E-state index contributed by atoms with van der Waals surface area (Å²) in [6, 6.07) is 26.8. The van der Waals surface area contributed by atoms with E-state index in [1.807, 2.05) is 65.2 Å². The van der Waals surface area contributed by atoms with Crippen LogP contribution in [0.3, 0.4) is 0 Å². The van der Waals surface area contributed by atoms with Gasteiger partial charge in [-0.3, -0.25) is 9.36 Å². The molecule has 0 atom stereocenters. The van der Waals surface area contributed by atoms with Crippen molar-refractivity contribution in [2.45, 2.75) is 13.0 Å². The third-order valence-electron chi connectivity index (χ3n) is 4.55. The number of nitrogens with zero attached hydrogens (tertiary/aromatic N) is 3. The van der Waals surface area contributed by atoms with Crippen LogP contribution in [0, 0.1) is 4.77 Å². The molecule has 1 amide bonds. The Morgan fingerprint density at radius 2 is 1.57 bits per heavy atom. The monoisotopic (exact) mass is 434 g/mol. The van der Waals surface area contributed by atoms with Crippen LogP contribution in [0.4, 0.5) is 5.69 Å². The molecule has 7 heteroatoms. The van der Waals surface area contributed by atoms with Crippen molar-refractivity contribution in [3.63, 3.8) is 0 Å². The topological polar surface area (TPSA) is 51.9 Å². The standard InChI is InChI=1S/C23H19ClN4OS/c24-18-11-13-19(14-12-18)25-22(29)16-27-23(30)28(20-9-5-2-6-10-20)21(26-27)15-17-7-3-1-4-8-17/h1-14H,15-16H2,(H,25,29). The second-order valence-electron chi connectivity index (χ2n) is 6.74. The molecule has 1 aromatic heterocycles. The van der Waals surface area contributed by atoms with E-state index in [0.29, 0.717) is 21.9 Å². The van der Waals surface area contributed by atoms with E-state index in [-0.39, 0.29) is 12.5 Å². The molecule has 0 aliphatic rings. The lowest BCUT2D eigenvalue weighted by Gasteiger charge is -2.06. The van der Waals surface area contributed by atoms with Gasteiger partial charge in [-0.15, -0.1) is 0 Å². The van der Waals surface area contributed by atoms with E-state index >= 15 is 0 Å². The minimum absolute atomic E-state index is 0.0169. The van der Waals surface area contributed by atoms with Crippen molar-refractivity contribution < 1.29 is 4.79 Å². The molecule has 0 bridgehead atoms. The Kier molecular flexibility index (Phi) is 6.07. The fourth-order valence-corrected chi connectivity index (χ4v) is 3.60. The molecule has 150 valence electrons. The second kappa shape index (κ2) is 9.07. The Hall–Kier alpha value is -3.22. The van der Waals surface area contributed by atoms with Gasteiger partial charge in [0.05, 0.1) is 0 Å². The number of carbonyl (C=O) groups excluding carboxylic acids is 1. The zero-order valence-corrected chi connectivity index (χ0v) is 17.6. The van der Waals surface area contributed by atoms with Gasteiger partial charge in [-0.05, 0) is 54.2 Å². The number of hydrogen-bond donors (Lipinski definition) is 1. The van der Waals surface area contributed by atoms with E-state index in [2.05, 4.69) is 10.4 Å². The zero-order chi connectivity index (χ0) is 20.9. The fraction of sp³-hybridized carbons (Fsp3) is 0.0870. The largest absolute Gasteiger partial charge is 0.324 e. The predicted octanol–water partition coefficient (Wildman–Crippen LogP) is 5.29. The summed E-state index contributed by atoms with van der Waals surface area (Å²) in [5.41, 5.74) is 2.70. The molecule has 0 saturated carbocycles. The Morgan fingerprint density at radius 3 is 2.23 bits per heavy atom. The van der Waals surface area contributed by atoms with Gasteiger partial charge in [0, 0.05) is 22.8 Å². The van der Waals surface area contributed by atoms with Crippen molar-refractivity contribution in [1.29, 1.82) is 0 Å². The van der Waals surface area contributed by atoms with Gasteiger partial charge in [0.15, 0.2) is 0 Å². The lowest BCUT2D eigenvalue weighted by Crippen LogP contribution is -2.19. The van der Waals surface area contributed by atoms with E-state index in [1.165, 1.54) is 0 Å². The van der Waals surface area contributed by atoms with Gasteiger partial charge < -0.3 is 5.32 Å². The van der Waals surface area contributed by atoms with Crippen LogP contribution in [0.15, 0.2) is 84.9 Å². The average Bonchev–Trinajstić information content (AvgIpc) is 3.05. The molecule has 1 N–H and O–H groups in total. The van der Waals surface area contributed by atoms with Crippen molar-refractivity contribution in [2.75, 3.05) is 5.32 Å². The van der Waals surface area contributed by atoms with Crippen LogP contribution in [0.1, 0.15) is 11.4 Å². The SMILES string of the molecule is O=C(Cn1nc(Cc2ccccc2)n(-c2ccccc2)c1=S)Nc1ccc(Cl)cc1. The van der Waals surface area contributed by atoms with Crippen LogP contribution in [0.25, 0.3) is 5.69 Å². The van der Waals surface area contributed by atoms with Gasteiger partial charge in [-0.1, -0.05) is 60.1 Å². The Labute approximate surface area is 184 Å². The molecule has 0 saturated heterocycles. The summed E-state index contributed by atoms with van der Waals surface area (Å²) in [6.07, 6.45) is 0.602. The maximum Gasteiger partial charge on any atom is 0.246 e. The second-order valence-corrected chi connectivity index (χ2v) is 7.55. The third kappa shape index (κ3) is 4.67. The van der Waals surface area contributed by atoms with Gasteiger partial charge in [0.2, 0.25) is 10.7 Å². The van der Waals surface area contributed by atoms with Crippen LogP contribution < -0.4 is 5.32 Å². The molecule has 5 nitrogen and oxygen atoms in total. The summed E-state index contributed by atoms with van der Waals surface area (Å²) in [6.45, 7) is 0.0169. The highest BCUT2D eigenvalue weighted by molar-refractivity contribution is 7.71. The molecule has 0 unspecified atom stereocenters. The fourth-order valence-electron chi connectivity index (χ4n) is 3.15. The molecule has 0 fully saturated rings. The maximum absolute atomic E-state index is 12.6. The number of benzene rings is 3. The minimum atomic E-state index is -0.211. The van der Waals surface area contributed by atoms with E-state index < -0.39 is 0 Å². The zero-order valence-electron chi connectivity index (χ0n) is 16.0. The van der Waals surface area contributed by atoms with Gasteiger partial charge in [0.1, 0.15) is 12.4 Å². The van der Waals surface area contributed by atoms with Crippen LogP contribution in [-0.4, -0.2) is 20.3 Å². The van der Waals surface area contributed by atoms with Gasteiger partial charge >= 0.3 is 0 Å². The van der Waals surface area contributed by atoms with E-state index in [9.17, 15) is 4.79 Å². The molecule has 1 heterocycles. The summed E-state index contributed by atoms with van der Waals surface area (Å²) >= 11 is 11.6. The number of anilines is 1. The number of aromatic nitrogens is 3. The summed E-state index contributed by atoms with van der Waals surface area (Å²) in [5.74, 6) is 0.564. The van der Waals surface area contributed by atoms with Crippen molar-refractivity contribution in [3.05, 3.63) is 106 Å². The van der Waals surface area contributed by atoms with Crippen molar-refractivity contribution >= 4 is 35.4 Å². The number of amides is 1. The summed E-state index contributed by atoms with van der Waals surface area (Å²) in [4.78, 5) is 12.6. The lowest BCUT2D eigenvalue weighted by atomic mass is 10.1. The quantitative estimate of drug-likeness (QED) is 0.420. The first-order valence-electron chi connectivity index (χ1n) is 9.43. The number of carbonyl (C=O) groups is 1. The first-order valence-corrected chi connectivity index (χ1v) is 10.2. The van der Waals surface area contributed by atoms with Gasteiger partial charge in [0.25, 0.3) is 0 Å². The molecule has 0 aliphatic carbocycles. The average molecular weight is 435 g/mol. The highest BCUT2D eigenvalue weighted by Gasteiger charge is 2.15. The molecular formula is C23H19ClN4OS. The first kappa shape index (κ1) is 20.1. The minimum Gasteiger partial charge on any atom is -0.324 e. The molecule has 3 aromatic carbocycles. The molecule has 0 spiro atoms. The molecular weight excluding hydrogens is 416 g/mol. The molecule has 0 radical (unpaired) electrons. The number of hydrogen-bond acceptors (Lipinski definition) is 3. The van der Waals surface area contributed by atoms with E-state index in [4.69, 9.17) is 23.8 Å². The van der Waals surface area contributed by atoms with Crippen molar-refractivity contribution in [1.82, 2.24) is 14.3 Å². The summed E-state index contributed by atoms with van der Waals surface area (Å²) < 4.78 is 3.95. The molecule has 4 aromatic rings. The molecule has 0 aliphatic heterocycles. The summed E-state index contributed by atoms with van der Waals surface area (Å²) in [5, 5.41) is 8.13. The molecule has 30 heavy (non-hydrogen) atoms. The van der Waals surface area contributed by atoms with E-state index in [1.54, 1.807) is 28.9 Å². The van der Waals surface area contributed by atoms with Gasteiger partial charge in [-0.2, -0.15) is 5.10 Å². The Bertz CT molecular complexity index is 1200. The van der Waals surface area contributed by atoms with Crippen LogP contribution in [-0.2, 0) is 17.8 Å². The van der Waals surface area contributed by atoms with Crippen molar-refractivity contribution in [2.24, 2.45) is 0 Å².